The van der Waals surface area contributed by atoms with E-state index in [0.717, 1.165) is 24.8 Å². The van der Waals surface area contributed by atoms with Crippen LogP contribution in [0.15, 0.2) is 23.8 Å². The standard InChI is InChI=1S/C23H34O6/c1-5-20(26)29-17-12-28-21(27)15(17)7-8-16-14(2)6-9-18-22(16,3)11-10-19(25)23(18,4)13-24/h7,16-19,24-25H,2,5-6,8-13H2,1,3-4H3/b15-7+/t16-,17-,18+,19-,22+,23+/m1/s1. The number of ether oxygens (including phenoxy) is 2. The highest BCUT2D eigenvalue weighted by Gasteiger charge is 2.57. The van der Waals surface area contributed by atoms with Crippen molar-refractivity contribution in [3.05, 3.63) is 23.8 Å². The lowest BCUT2D eigenvalue weighted by molar-refractivity contribution is -0.151. The van der Waals surface area contributed by atoms with Gasteiger partial charge in [0, 0.05) is 11.8 Å². The van der Waals surface area contributed by atoms with Gasteiger partial charge in [-0.25, -0.2) is 4.79 Å². The molecule has 0 aromatic rings. The molecule has 6 heteroatoms. The first-order valence-electron chi connectivity index (χ1n) is 10.7. The zero-order valence-electron chi connectivity index (χ0n) is 17.8. The van der Waals surface area contributed by atoms with Crippen LogP contribution in [0.1, 0.15) is 59.3 Å². The Morgan fingerprint density at radius 2 is 2.10 bits per heavy atom. The summed E-state index contributed by atoms with van der Waals surface area (Å²) >= 11 is 0. The monoisotopic (exact) mass is 406 g/mol. The third kappa shape index (κ3) is 3.77. The van der Waals surface area contributed by atoms with E-state index < -0.39 is 23.6 Å². The van der Waals surface area contributed by atoms with Gasteiger partial charge in [-0.1, -0.05) is 39.0 Å². The fourth-order valence-corrected chi connectivity index (χ4v) is 5.89. The average molecular weight is 407 g/mol. The van der Waals surface area contributed by atoms with Gasteiger partial charge >= 0.3 is 11.9 Å². The first-order chi connectivity index (χ1) is 13.7. The summed E-state index contributed by atoms with van der Waals surface area (Å²) in [6.45, 7) is 10.3. The molecule has 3 fully saturated rings. The Morgan fingerprint density at radius 3 is 2.76 bits per heavy atom. The van der Waals surface area contributed by atoms with Gasteiger partial charge in [0.25, 0.3) is 0 Å². The summed E-state index contributed by atoms with van der Waals surface area (Å²) < 4.78 is 10.5. The molecule has 3 aliphatic rings. The van der Waals surface area contributed by atoms with E-state index in [1.54, 1.807) is 6.92 Å². The Balaban J connectivity index is 1.85. The molecule has 0 radical (unpaired) electrons. The maximum absolute atomic E-state index is 12.2. The number of aliphatic hydroxyl groups excluding tert-OH is 2. The molecule has 0 amide bonds. The predicted molar refractivity (Wildman–Crippen MR) is 108 cm³/mol. The zero-order chi connectivity index (χ0) is 21.4. The highest BCUT2D eigenvalue weighted by Crippen LogP contribution is 2.61. The lowest BCUT2D eigenvalue weighted by Crippen LogP contribution is -2.57. The molecule has 29 heavy (non-hydrogen) atoms. The van der Waals surface area contributed by atoms with Gasteiger partial charge in [0.1, 0.15) is 6.61 Å². The quantitative estimate of drug-likeness (QED) is 0.414. The number of hydrogen-bond acceptors (Lipinski definition) is 6. The number of fused-ring (bicyclic) bond motifs is 1. The van der Waals surface area contributed by atoms with Gasteiger partial charge in [-0.15, -0.1) is 0 Å². The number of cyclic esters (lactones) is 1. The van der Waals surface area contributed by atoms with Crippen molar-refractivity contribution >= 4 is 11.9 Å². The molecular formula is C23H34O6. The smallest absolute Gasteiger partial charge is 0.337 e. The Hall–Kier alpha value is -1.66. The number of hydrogen-bond donors (Lipinski definition) is 2. The number of esters is 2. The molecule has 0 bridgehead atoms. The van der Waals surface area contributed by atoms with Gasteiger partial charge in [-0.05, 0) is 49.4 Å². The predicted octanol–water partition coefficient (Wildman–Crippen LogP) is 2.92. The lowest BCUT2D eigenvalue weighted by Gasteiger charge is -2.59. The second-order valence-corrected chi connectivity index (χ2v) is 9.35. The third-order valence-electron chi connectivity index (χ3n) is 7.78. The molecule has 3 rings (SSSR count). The molecule has 2 N–H and O–H groups in total. The van der Waals surface area contributed by atoms with Crippen LogP contribution in [0, 0.1) is 22.7 Å². The Morgan fingerprint density at radius 1 is 1.38 bits per heavy atom. The summed E-state index contributed by atoms with van der Waals surface area (Å²) in [5, 5.41) is 20.7. The molecule has 2 saturated carbocycles. The fraction of sp³-hybridized carbons (Fsp3) is 0.739. The van der Waals surface area contributed by atoms with Crippen LogP contribution in [0.25, 0.3) is 0 Å². The van der Waals surface area contributed by atoms with Gasteiger partial charge in [0.05, 0.1) is 18.3 Å². The molecule has 2 aliphatic carbocycles. The molecule has 6 atom stereocenters. The van der Waals surface area contributed by atoms with E-state index in [1.165, 1.54) is 0 Å². The van der Waals surface area contributed by atoms with Gasteiger partial charge in [0.2, 0.25) is 0 Å². The van der Waals surface area contributed by atoms with Crippen LogP contribution in [0.4, 0.5) is 0 Å². The van der Waals surface area contributed by atoms with Crippen LogP contribution in [-0.4, -0.2) is 47.6 Å². The van der Waals surface area contributed by atoms with Crippen molar-refractivity contribution in [1.29, 1.82) is 0 Å². The second-order valence-electron chi connectivity index (χ2n) is 9.35. The molecular weight excluding hydrogens is 372 g/mol. The number of aliphatic hydroxyl groups is 2. The van der Waals surface area contributed by atoms with Gasteiger partial charge < -0.3 is 19.7 Å². The van der Waals surface area contributed by atoms with Crippen LogP contribution in [0.5, 0.6) is 0 Å². The molecule has 0 aromatic heterocycles. The molecule has 1 aliphatic heterocycles. The van der Waals surface area contributed by atoms with E-state index in [-0.39, 0.29) is 42.9 Å². The summed E-state index contributed by atoms with van der Waals surface area (Å²) in [4.78, 5) is 23.9. The van der Waals surface area contributed by atoms with Gasteiger partial charge in [-0.2, -0.15) is 0 Å². The van der Waals surface area contributed by atoms with Gasteiger partial charge in [0.15, 0.2) is 6.10 Å². The molecule has 0 unspecified atom stereocenters. The van der Waals surface area contributed by atoms with Crippen LogP contribution >= 0.6 is 0 Å². The highest BCUT2D eigenvalue weighted by molar-refractivity contribution is 5.92. The number of carbonyl (C=O) groups excluding carboxylic acids is 2. The van der Waals surface area contributed by atoms with Crippen molar-refractivity contribution in [2.75, 3.05) is 13.2 Å². The number of allylic oxidation sites excluding steroid dienone is 2. The zero-order valence-corrected chi connectivity index (χ0v) is 17.8. The van der Waals surface area contributed by atoms with Crippen molar-refractivity contribution in [2.24, 2.45) is 22.7 Å². The fourth-order valence-electron chi connectivity index (χ4n) is 5.89. The van der Waals surface area contributed by atoms with Crippen molar-refractivity contribution in [3.63, 3.8) is 0 Å². The molecule has 0 spiro atoms. The first-order valence-corrected chi connectivity index (χ1v) is 10.7. The third-order valence-corrected chi connectivity index (χ3v) is 7.78. The van der Waals surface area contributed by atoms with E-state index in [4.69, 9.17) is 9.47 Å². The largest absolute Gasteiger partial charge is 0.458 e. The van der Waals surface area contributed by atoms with Crippen molar-refractivity contribution in [1.82, 2.24) is 0 Å². The summed E-state index contributed by atoms with van der Waals surface area (Å²) in [5.74, 6) is -0.487. The van der Waals surface area contributed by atoms with Crippen LogP contribution in [0.3, 0.4) is 0 Å². The first kappa shape index (κ1) is 22.0. The number of rotatable bonds is 5. The van der Waals surface area contributed by atoms with Crippen LogP contribution in [-0.2, 0) is 19.1 Å². The van der Waals surface area contributed by atoms with E-state index in [9.17, 15) is 19.8 Å². The summed E-state index contributed by atoms with van der Waals surface area (Å²) in [6.07, 6.45) is 4.78. The van der Waals surface area contributed by atoms with Crippen molar-refractivity contribution in [3.8, 4) is 0 Å². The van der Waals surface area contributed by atoms with Crippen LogP contribution < -0.4 is 0 Å². The average Bonchev–Trinajstić information content (AvgIpc) is 3.03. The maximum atomic E-state index is 12.2. The van der Waals surface area contributed by atoms with E-state index in [0.29, 0.717) is 18.4 Å². The molecule has 162 valence electrons. The molecule has 6 nitrogen and oxygen atoms in total. The highest BCUT2D eigenvalue weighted by atomic mass is 16.6. The van der Waals surface area contributed by atoms with Crippen molar-refractivity contribution in [2.45, 2.75) is 71.5 Å². The Kier molecular flexibility index (Phi) is 6.25. The maximum Gasteiger partial charge on any atom is 0.337 e. The van der Waals surface area contributed by atoms with E-state index in [2.05, 4.69) is 13.5 Å². The Labute approximate surface area is 173 Å². The molecule has 1 heterocycles. The van der Waals surface area contributed by atoms with Crippen LogP contribution in [0.2, 0.25) is 0 Å². The lowest BCUT2D eigenvalue weighted by atomic mass is 9.46. The molecule has 0 aromatic carbocycles. The number of carbonyl (C=O) groups is 2. The second kappa shape index (κ2) is 8.23. The Bertz CT molecular complexity index is 712. The SMILES string of the molecule is C=C1CC[C@@H]2[C@](C)(CO)[C@H](O)CC[C@@]2(C)[C@@H]1C/C=C1/C(=O)OC[C@H]1OC(=O)CC. The van der Waals surface area contributed by atoms with E-state index >= 15 is 0 Å². The topological polar surface area (TPSA) is 93.1 Å². The minimum absolute atomic E-state index is 0.0456. The minimum atomic E-state index is -0.647. The minimum Gasteiger partial charge on any atom is -0.458 e. The summed E-state index contributed by atoms with van der Waals surface area (Å²) in [7, 11) is 0. The van der Waals surface area contributed by atoms with E-state index in [1.807, 2.05) is 13.0 Å². The normalized spacial score (nSPS) is 41.2. The van der Waals surface area contributed by atoms with Crippen molar-refractivity contribution < 1.29 is 29.3 Å². The molecule has 1 saturated heterocycles. The van der Waals surface area contributed by atoms with Gasteiger partial charge in [-0.3, -0.25) is 4.79 Å². The summed E-state index contributed by atoms with van der Waals surface area (Å²) in [6, 6.07) is 0. The summed E-state index contributed by atoms with van der Waals surface area (Å²) in [5.41, 5.74) is 0.892.